The zero-order valence-electron chi connectivity index (χ0n) is 16.4. The number of aromatic hydroxyl groups is 1. The Labute approximate surface area is 166 Å². The molecule has 0 saturated carbocycles. The first-order valence-corrected chi connectivity index (χ1v) is 10.5. The minimum Gasteiger partial charge on any atom is -0.508 e. The van der Waals surface area contributed by atoms with Crippen LogP contribution in [0.1, 0.15) is 57.6 Å². The van der Waals surface area contributed by atoms with Gasteiger partial charge in [0.1, 0.15) is 17.3 Å². The van der Waals surface area contributed by atoms with Crippen LogP contribution in [0.3, 0.4) is 0 Å². The van der Waals surface area contributed by atoms with Crippen molar-refractivity contribution in [2.24, 2.45) is 0 Å². The molecule has 2 aromatic carbocycles. The third kappa shape index (κ3) is 7.37. The fourth-order valence-corrected chi connectivity index (χ4v) is 3.73. The van der Waals surface area contributed by atoms with Gasteiger partial charge in [-0.2, -0.15) is 0 Å². The number of carbonyl (C=O) groups excluding carboxylic acids is 1. The molecule has 2 rings (SSSR count). The summed E-state index contributed by atoms with van der Waals surface area (Å²) in [4.78, 5) is 13.3. The molecule has 2 nitrogen and oxygen atoms in total. The fourth-order valence-electron chi connectivity index (χ4n) is 2.82. The van der Waals surface area contributed by atoms with Crippen LogP contribution in [0.2, 0.25) is 0 Å². The average Bonchev–Trinajstić information content (AvgIpc) is 2.60. The predicted octanol–water partition coefficient (Wildman–Crippen LogP) is 6.29. The molecule has 146 valence electrons. The molecule has 0 heterocycles. The van der Waals surface area contributed by atoms with Gasteiger partial charge in [0.15, 0.2) is 0 Å². The SMILES string of the molecule is CC(C)(C)c1ccc(O)c(CC(=O)CCCCCSc2ccc(F)cc2)c1. The average molecular weight is 389 g/mol. The van der Waals surface area contributed by atoms with E-state index >= 15 is 0 Å². The van der Waals surface area contributed by atoms with Crippen LogP contribution in [0.15, 0.2) is 47.4 Å². The van der Waals surface area contributed by atoms with E-state index < -0.39 is 0 Å². The van der Waals surface area contributed by atoms with Crippen LogP contribution in [0, 0.1) is 5.82 Å². The molecule has 0 spiro atoms. The van der Waals surface area contributed by atoms with Crippen molar-refractivity contribution in [2.45, 2.75) is 63.2 Å². The van der Waals surface area contributed by atoms with Gasteiger partial charge in [-0.15, -0.1) is 11.8 Å². The van der Waals surface area contributed by atoms with Gasteiger partial charge in [0, 0.05) is 23.3 Å². The molecular formula is C23H29FO2S. The molecule has 0 amide bonds. The summed E-state index contributed by atoms with van der Waals surface area (Å²) >= 11 is 1.71. The fraction of sp³-hybridized carbons (Fsp3) is 0.435. The summed E-state index contributed by atoms with van der Waals surface area (Å²) in [6, 6.07) is 12.1. The summed E-state index contributed by atoms with van der Waals surface area (Å²) in [6.45, 7) is 6.36. The minimum atomic E-state index is -0.211. The lowest BCUT2D eigenvalue weighted by atomic mass is 9.85. The van der Waals surface area contributed by atoms with Crippen molar-refractivity contribution in [1.82, 2.24) is 0 Å². The van der Waals surface area contributed by atoms with Crippen LogP contribution in [0.25, 0.3) is 0 Å². The third-order valence-electron chi connectivity index (χ3n) is 4.52. The number of phenols is 1. The van der Waals surface area contributed by atoms with Crippen LogP contribution >= 0.6 is 11.8 Å². The molecule has 0 bridgehead atoms. The predicted molar refractivity (Wildman–Crippen MR) is 111 cm³/mol. The molecule has 0 fully saturated rings. The Morgan fingerprint density at radius 2 is 1.74 bits per heavy atom. The van der Waals surface area contributed by atoms with Crippen LogP contribution < -0.4 is 0 Å². The lowest BCUT2D eigenvalue weighted by Gasteiger charge is -2.20. The van der Waals surface area contributed by atoms with Crippen molar-refractivity contribution in [3.8, 4) is 5.75 Å². The molecule has 0 aliphatic carbocycles. The summed E-state index contributed by atoms with van der Waals surface area (Å²) in [6.07, 6.45) is 3.72. The summed E-state index contributed by atoms with van der Waals surface area (Å²) in [5.41, 5.74) is 1.84. The molecule has 0 saturated heterocycles. The number of unbranched alkanes of at least 4 members (excludes halogenated alkanes) is 2. The Bertz CT molecular complexity index is 748. The Hall–Kier alpha value is -1.81. The van der Waals surface area contributed by atoms with E-state index in [1.807, 2.05) is 12.1 Å². The smallest absolute Gasteiger partial charge is 0.137 e. The second-order valence-corrected chi connectivity index (χ2v) is 9.09. The third-order valence-corrected chi connectivity index (χ3v) is 5.61. The summed E-state index contributed by atoms with van der Waals surface area (Å²) < 4.78 is 12.9. The van der Waals surface area contributed by atoms with E-state index in [9.17, 15) is 14.3 Å². The molecule has 0 unspecified atom stereocenters. The van der Waals surface area contributed by atoms with Crippen molar-refractivity contribution >= 4 is 17.5 Å². The van der Waals surface area contributed by atoms with Crippen molar-refractivity contribution in [3.05, 3.63) is 59.4 Å². The van der Waals surface area contributed by atoms with Crippen LogP contribution in [-0.4, -0.2) is 16.6 Å². The maximum Gasteiger partial charge on any atom is 0.137 e. The van der Waals surface area contributed by atoms with E-state index in [2.05, 4.69) is 20.8 Å². The van der Waals surface area contributed by atoms with E-state index in [0.717, 1.165) is 41.0 Å². The first kappa shape index (κ1) is 21.5. The zero-order valence-corrected chi connectivity index (χ0v) is 17.2. The first-order valence-electron chi connectivity index (χ1n) is 9.48. The zero-order chi connectivity index (χ0) is 19.9. The number of hydrogen-bond acceptors (Lipinski definition) is 3. The van der Waals surface area contributed by atoms with Gasteiger partial charge >= 0.3 is 0 Å². The molecule has 4 heteroatoms. The number of hydrogen-bond donors (Lipinski definition) is 1. The first-order chi connectivity index (χ1) is 12.8. The number of benzene rings is 2. The second-order valence-electron chi connectivity index (χ2n) is 7.92. The lowest BCUT2D eigenvalue weighted by Crippen LogP contribution is -2.12. The molecule has 0 aliphatic heterocycles. The molecule has 0 aromatic heterocycles. The van der Waals surface area contributed by atoms with Gasteiger partial charge in [0.2, 0.25) is 0 Å². The van der Waals surface area contributed by atoms with E-state index in [1.165, 1.54) is 12.1 Å². The Kier molecular flexibility index (Phi) is 7.91. The molecule has 0 radical (unpaired) electrons. The maximum absolute atomic E-state index is 12.9. The van der Waals surface area contributed by atoms with Crippen LogP contribution in [0.4, 0.5) is 4.39 Å². The lowest BCUT2D eigenvalue weighted by molar-refractivity contribution is -0.118. The van der Waals surface area contributed by atoms with Crippen molar-refractivity contribution in [3.63, 3.8) is 0 Å². The quantitative estimate of drug-likeness (QED) is 0.405. The summed E-state index contributed by atoms with van der Waals surface area (Å²) in [5, 5.41) is 10.0. The van der Waals surface area contributed by atoms with Crippen molar-refractivity contribution in [2.75, 3.05) is 5.75 Å². The Morgan fingerprint density at radius 1 is 1.04 bits per heavy atom. The van der Waals surface area contributed by atoms with E-state index in [4.69, 9.17) is 0 Å². The number of carbonyl (C=O) groups is 1. The molecule has 27 heavy (non-hydrogen) atoms. The van der Waals surface area contributed by atoms with Gasteiger partial charge in [-0.3, -0.25) is 4.79 Å². The van der Waals surface area contributed by atoms with Gasteiger partial charge in [0.25, 0.3) is 0 Å². The van der Waals surface area contributed by atoms with E-state index in [0.29, 0.717) is 12.8 Å². The van der Waals surface area contributed by atoms with Crippen molar-refractivity contribution in [1.29, 1.82) is 0 Å². The van der Waals surface area contributed by atoms with Gasteiger partial charge < -0.3 is 5.11 Å². The maximum atomic E-state index is 12.9. The highest BCUT2D eigenvalue weighted by Crippen LogP contribution is 2.28. The highest BCUT2D eigenvalue weighted by atomic mass is 32.2. The number of Topliss-reactive ketones (excluding diaryl/α,β-unsaturated/α-hetero) is 1. The number of halogens is 1. The topological polar surface area (TPSA) is 37.3 Å². The van der Waals surface area contributed by atoms with Crippen LogP contribution in [-0.2, 0) is 16.6 Å². The summed E-state index contributed by atoms with van der Waals surface area (Å²) in [5.74, 6) is 1.13. The molecule has 1 N–H and O–H groups in total. The monoisotopic (exact) mass is 388 g/mol. The van der Waals surface area contributed by atoms with E-state index in [1.54, 1.807) is 30.0 Å². The van der Waals surface area contributed by atoms with Gasteiger partial charge in [-0.1, -0.05) is 39.3 Å². The summed E-state index contributed by atoms with van der Waals surface area (Å²) in [7, 11) is 0. The number of phenolic OH excluding ortho intramolecular Hbond substituents is 1. The standard InChI is InChI=1S/C23H29FO2S/c1-23(2,3)18-8-13-22(26)17(15-18)16-20(25)7-5-4-6-14-27-21-11-9-19(24)10-12-21/h8-13,15,26H,4-7,14,16H2,1-3H3. The molecule has 2 aromatic rings. The number of rotatable bonds is 9. The van der Waals surface area contributed by atoms with E-state index in [-0.39, 0.29) is 22.8 Å². The van der Waals surface area contributed by atoms with Gasteiger partial charge in [-0.25, -0.2) is 4.39 Å². The highest BCUT2D eigenvalue weighted by molar-refractivity contribution is 7.99. The Morgan fingerprint density at radius 3 is 2.41 bits per heavy atom. The normalized spacial score (nSPS) is 11.6. The largest absolute Gasteiger partial charge is 0.508 e. The molecular weight excluding hydrogens is 359 g/mol. The Balaban J connectivity index is 1.70. The number of thioether (sulfide) groups is 1. The van der Waals surface area contributed by atoms with Gasteiger partial charge in [-0.05, 0) is 59.9 Å². The minimum absolute atomic E-state index is 0.00626. The van der Waals surface area contributed by atoms with Crippen molar-refractivity contribution < 1.29 is 14.3 Å². The number of ketones is 1. The second kappa shape index (κ2) is 9.93. The molecule has 0 aliphatic rings. The molecule has 0 atom stereocenters. The highest BCUT2D eigenvalue weighted by Gasteiger charge is 2.16. The van der Waals surface area contributed by atoms with Crippen LogP contribution in [0.5, 0.6) is 5.75 Å². The van der Waals surface area contributed by atoms with Gasteiger partial charge in [0.05, 0.1) is 0 Å².